The molecule has 0 unspecified atom stereocenters. The van der Waals surface area contributed by atoms with Crippen LogP contribution in [0.2, 0.25) is 0 Å². The third-order valence-electron chi connectivity index (χ3n) is 4.35. The number of ether oxygens (including phenoxy) is 1. The second kappa shape index (κ2) is 10.5. The Labute approximate surface area is 174 Å². The average Bonchev–Trinajstić information content (AvgIpc) is 3.26. The number of aromatic nitrogens is 1. The second-order valence-electron chi connectivity index (χ2n) is 6.41. The van der Waals surface area contributed by atoms with Gasteiger partial charge in [0.2, 0.25) is 0 Å². The molecule has 2 heterocycles. The first-order chi connectivity index (χ1) is 14.2. The topological polar surface area (TPSA) is 86.5 Å². The average molecular weight is 410 g/mol. The Bertz CT molecular complexity index is 885. The van der Waals surface area contributed by atoms with Crippen molar-refractivity contribution >= 4 is 23.8 Å². The molecule has 8 heteroatoms. The van der Waals surface area contributed by atoms with Gasteiger partial charge in [0, 0.05) is 31.5 Å². The highest BCUT2D eigenvalue weighted by molar-refractivity contribution is 7.99. The van der Waals surface area contributed by atoms with Crippen molar-refractivity contribution < 1.29 is 14.3 Å². The molecule has 0 atom stereocenters. The quantitative estimate of drug-likeness (QED) is 0.509. The number of hydrazine groups is 1. The van der Waals surface area contributed by atoms with Crippen LogP contribution in [0, 0.1) is 11.3 Å². The molecule has 0 bridgehead atoms. The molecule has 3 rings (SSSR count). The predicted octanol–water partition coefficient (Wildman–Crippen LogP) is 3.88. The molecule has 1 saturated heterocycles. The maximum Gasteiger partial charge on any atom is 0.429 e. The predicted molar refractivity (Wildman–Crippen MR) is 109 cm³/mol. The minimum atomic E-state index is -0.535. The van der Waals surface area contributed by atoms with Crippen molar-refractivity contribution in [2.75, 3.05) is 18.8 Å². The highest BCUT2D eigenvalue weighted by Crippen LogP contribution is 2.25. The van der Waals surface area contributed by atoms with Crippen LogP contribution in [0.1, 0.15) is 35.2 Å². The maximum absolute atomic E-state index is 13.1. The van der Waals surface area contributed by atoms with E-state index < -0.39 is 6.09 Å². The molecule has 0 N–H and O–H groups in total. The zero-order chi connectivity index (χ0) is 20.5. The number of nitriles is 1. The Kier molecular flexibility index (Phi) is 7.47. The molecular weight excluding hydrogens is 388 g/mol. The van der Waals surface area contributed by atoms with E-state index in [1.54, 1.807) is 18.3 Å². The molecule has 1 fully saturated rings. The highest BCUT2D eigenvalue weighted by Gasteiger charge is 2.33. The van der Waals surface area contributed by atoms with Gasteiger partial charge >= 0.3 is 6.09 Å². The minimum absolute atomic E-state index is 0.158. The fourth-order valence-corrected chi connectivity index (χ4v) is 3.86. The van der Waals surface area contributed by atoms with Gasteiger partial charge in [-0.1, -0.05) is 30.3 Å². The molecule has 0 saturated carbocycles. The van der Waals surface area contributed by atoms with Crippen LogP contribution in [0.4, 0.5) is 4.79 Å². The van der Waals surface area contributed by atoms with Gasteiger partial charge in [0.15, 0.2) is 0 Å². The van der Waals surface area contributed by atoms with E-state index in [4.69, 9.17) is 10.00 Å². The summed E-state index contributed by atoms with van der Waals surface area (Å²) >= 11 is 1.45. The SMILES string of the molecule is N#CCCCSc1ncccc1C(=O)N1CCCN1C(=O)OCc1ccccc1. The molecule has 1 aliphatic rings. The van der Waals surface area contributed by atoms with Gasteiger partial charge in [-0.2, -0.15) is 5.26 Å². The number of hydrogen-bond donors (Lipinski definition) is 0. The third-order valence-corrected chi connectivity index (χ3v) is 5.45. The summed E-state index contributed by atoms with van der Waals surface area (Å²) in [6, 6.07) is 15.0. The summed E-state index contributed by atoms with van der Waals surface area (Å²) in [5.41, 5.74) is 1.35. The lowest BCUT2D eigenvalue weighted by molar-refractivity contribution is 0.0108. The van der Waals surface area contributed by atoms with E-state index in [2.05, 4.69) is 11.1 Å². The van der Waals surface area contributed by atoms with Crippen LogP contribution in [0.25, 0.3) is 0 Å². The Morgan fingerprint density at radius 2 is 1.93 bits per heavy atom. The van der Waals surface area contributed by atoms with Gasteiger partial charge in [0.1, 0.15) is 11.6 Å². The zero-order valence-electron chi connectivity index (χ0n) is 16.0. The summed E-state index contributed by atoms with van der Waals surface area (Å²) in [6.07, 6.45) is 2.99. The number of hydrogen-bond acceptors (Lipinski definition) is 6. The fraction of sp³-hybridized carbons (Fsp3) is 0.333. The first kappa shape index (κ1) is 20.7. The number of amides is 2. The molecular formula is C21H22N4O3S. The molecule has 0 spiro atoms. The van der Waals surface area contributed by atoms with E-state index in [1.807, 2.05) is 30.3 Å². The summed E-state index contributed by atoms with van der Waals surface area (Å²) in [4.78, 5) is 30.0. The number of rotatable bonds is 7. The van der Waals surface area contributed by atoms with Gasteiger partial charge in [-0.25, -0.2) is 19.8 Å². The number of carbonyl (C=O) groups is 2. The van der Waals surface area contributed by atoms with Crippen LogP contribution >= 0.6 is 11.8 Å². The molecule has 29 heavy (non-hydrogen) atoms. The Morgan fingerprint density at radius 1 is 1.14 bits per heavy atom. The lowest BCUT2D eigenvalue weighted by Gasteiger charge is -2.27. The van der Waals surface area contributed by atoms with Gasteiger partial charge in [-0.15, -0.1) is 11.8 Å². The van der Waals surface area contributed by atoms with Crippen LogP contribution in [0.5, 0.6) is 0 Å². The summed E-state index contributed by atoms with van der Waals surface area (Å²) in [5, 5.41) is 12.1. The van der Waals surface area contributed by atoms with E-state index >= 15 is 0 Å². The van der Waals surface area contributed by atoms with E-state index in [0.29, 0.717) is 42.3 Å². The van der Waals surface area contributed by atoms with Crippen molar-refractivity contribution in [3.05, 3.63) is 59.8 Å². The Balaban J connectivity index is 1.65. The van der Waals surface area contributed by atoms with Crippen molar-refractivity contribution in [1.82, 2.24) is 15.0 Å². The number of benzene rings is 1. The van der Waals surface area contributed by atoms with Crippen LogP contribution in [0.3, 0.4) is 0 Å². The van der Waals surface area contributed by atoms with Gasteiger partial charge < -0.3 is 4.74 Å². The fourth-order valence-electron chi connectivity index (χ4n) is 2.93. The molecule has 0 aliphatic carbocycles. The molecule has 0 radical (unpaired) electrons. The van der Waals surface area contributed by atoms with Crippen molar-refractivity contribution in [2.45, 2.75) is 30.9 Å². The lowest BCUT2D eigenvalue weighted by atomic mass is 10.2. The van der Waals surface area contributed by atoms with E-state index in [1.165, 1.54) is 21.8 Å². The highest BCUT2D eigenvalue weighted by atomic mass is 32.2. The third kappa shape index (κ3) is 5.48. The second-order valence-corrected chi connectivity index (χ2v) is 7.50. The van der Waals surface area contributed by atoms with Crippen molar-refractivity contribution in [2.24, 2.45) is 0 Å². The van der Waals surface area contributed by atoms with Crippen LogP contribution in [-0.2, 0) is 11.3 Å². The van der Waals surface area contributed by atoms with Gasteiger partial charge in [-0.3, -0.25) is 4.79 Å². The molecule has 7 nitrogen and oxygen atoms in total. The zero-order valence-corrected chi connectivity index (χ0v) is 16.8. The Hall–Kier alpha value is -3.05. The molecule has 150 valence electrons. The minimum Gasteiger partial charge on any atom is -0.443 e. The maximum atomic E-state index is 13.1. The summed E-state index contributed by atoms with van der Waals surface area (Å²) in [5.74, 6) is 0.434. The smallest absolute Gasteiger partial charge is 0.429 e. The standard InChI is InChI=1S/C21H22N4O3S/c22-11-4-5-15-29-19-18(10-6-12-23-19)20(26)24-13-7-14-25(24)21(27)28-16-17-8-2-1-3-9-17/h1-3,6,8-10,12H,4-5,7,13-16H2. The van der Waals surface area contributed by atoms with E-state index in [-0.39, 0.29) is 12.5 Å². The molecule has 2 amide bonds. The monoisotopic (exact) mass is 410 g/mol. The Morgan fingerprint density at radius 3 is 2.72 bits per heavy atom. The summed E-state index contributed by atoms with van der Waals surface area (Å²) < 4.78 is 5.39. The number of unbranched alkanes of at least 4 members (excludes halogenated alkanes) is 1. The largest absolute Gasteiger partial charge is 0.443 e. The number of pyridine rings is 1. The molecule has 1 aromatic heterocycles. The van der Waals surface area contributed by atoms with E-state index in [9.17, 15) is 9.59 Å². The summed E-state index contributed by atoms with van der Waals surface area (Å²) in [7, 11) is 0. The van der Waals surface area contributed by atoms with E-state index in [0.717, 1.165) is 12.0 Å². The van der Waals surface area contributed by atoms with Gasteiger partial charge in [-0.05, 0) is 30.5 Å². The van der Waals surface area contributed by atoms with Crippen LogP contribution in [-0.4, -0.2) is 45.8 Å². The first-order valence-corrected chi connectivity index (χ1v) is 10.4. The molecule has 1 aliphatic heterocycles. The molecule has 1 aromatic carbocycles. The van der Waals surface area contributed by atoms with Crippen LogP contribution in [0.15, 0.2) is 53.7 Å². The number of carbonyl (C=O) groups excluding carboxylic acids is 2. The molecule has 2 aromatic rings. The summed E-state index contributed by atoms with van der Waals surface area (Å²) in [6.45, 7) is 1.04. The lowest BCUT2D eigenvalue weighted by Crippen LogP contribution is -2.45. The van der Waals surface area contributed by atoms with Crippen molar-refractivity contribution in [3.8, 4) is 6.07 Å². The number of thioether (sulfide) groups is 1. The normalized spacial score (nSPS) is 13.2. The van der Waals surface area contributed by atoms with Gasteiger partial charge in [0.05, 0.1) is 11.6 Å². The van der Waals surface area contributed by atoms with Crippen molar-refractivity contribution in [3.63, 3.8) is 0 Å². The first-order valence-electron chi connectivity index (χ1n) is 9.45. The van der Waals surface area contributed by atoms with Crippen molar-refractivity contribution in [1.29, 1.82) is 5.26 Å². The van der Waals surface area contributed by atoms with Gasteiger partial charge in [0.25, 0.3) is 5.91 Å². The van der Waals surface area contributed by atoms with Crippen LogP contribution < -0.4 is 0 Å². The number of nitrogens with zero attached hydrogens (tertiary/aromatic N) is 4.